The van der Waals surface area contributed by atoms with E-state index in [4.69, 9.17) is 10.5 Å². The molecular weight excluding hydrogens is 410 g/mol. The predicted molar refractivity (Wildman–Crippen MR) is 123 cm³/mol. The first-order valence-corrected chi connectivity index (χ1v) is 11.3. The van der Waals surface area contributed by atoms with Crippen molar-refractivity contribution >= 4 is 17.4 Å². The summed E-state index contributed by atoms with van der Waals surface area (Å²) in [5.41, 5.74) is 6.28. The molecule has 0 spiro atoms. The minimum Gasteiger partial charge on any atom is -0.383 e. The SMILES string of the molecule is Nc1c(N(CC(=O)N2CCCCC2)C[C@@H]2CCCO2)c(=O)[nH]c(=O)n1Cc1ccccc1. The lowest BCUT2D eigenvalue weighted by Crippen LogP contribution is -2.47. The summed E-state index contributed by atoms with van der Waals surface area (Å²) < 4.78 is 7.12. The lowest BCUT2D eigenvalue weighted by atomic mass is 10.1. The van der Waals surface area contributed by atoms with Crippen molar-refractivity contribution in [3.63, 3.8) is 0 Å². The minimum atomic E-state index is -0.582. The maximum Gasteiger partial charge on any atom is 0.330 e. The molecule has 1 atom stereocenters. The van der Waals surface area contributed by atoms with E-state index >= 15 is 0 Å². The van der Waals surface area contributed by atoms with E-state index in [1.807, 2.05) is 35.2 Å². The van der Waals surface area contributed by atoms with Crippen molar-refractivity contribution in [1.29, 1.82) is 0 Å². The molecule has 9 nitrogen and oxygen atoms in total. The van der Waals surface area contributed by atoms with Gasteiger partial charge in [0.15, 0.2) is 0 Å². The predicted octanol–water partition coefficient (Wildman–Crippen LogP) is 1.17. The first-order chi connectivity index (χ1) is 15.5. The second-order valence-electron chi connectivity index (χ2n) is 8.52. The summed E-state index contributed by atoms with van der Waals surface area (Å²) in [4.78, 5) is 44.4. The molecule has 2 aliphatic heterocycles. The van der Waals surface area contributed by atoms with Crippen LogP contribution >= 0.6 is 0 Å². The number of anilines is 2. The standard InChI is InChI=1S/C23H31N5O4/c24-21-20(22(30)25-23(31)28(21)14-17-8-3-1-4-9-17)27(15-18-10-7-13-32-18)16-19(29)26-11-5-2-6-12-26/h1,3-4,8-9,18H,2,5-7,10-16,24H2,(H,25,30,31)/t18-/m0/s1. The highest BCUT2D eigenvalue weighted by atomic mass is 16.5. The number of benzene rings is 1. The van der Waals surface area contributed by atoms with Crippen LogP contribution in [-0.4, -0.2) is 59.2 Å². The second-order valence-corrected chi connectivity index (χ2v) is 8.52. The van der Waals surface area contributed by atoms with E-state index in [2.05, 4.69) is 4.98 Å². The molecule has 0 bridgehead atoms. The Morgan fingerprint density at radius 1 is 1.12 bits per heavy atom. The monoisotopic (exact) mass is 441 g/mol. The number of hydrogen-bond donors (Lipinski definition) is 2. The molecular formula is C23H31N5O4. The number of ether oxygens (including phenoxy) is 1. The molecule has 2 fully saturated rings. The van der Waals surface area contributed by atoms with Gasteiger partial charge in [-0.2, -0.15) is 0 Å². The van der Waals surface area contributed by atoms with Gasteiger partial charge in [0.25, 0.3) is 5.56 Å². The van der Waals surface area contributed by atoms with E-state index < -0.39 is 11.2 Å². The van der Waals surface area contributed by atoms with Crippen molar-refractivity contribution in [2.24, 2.45) is 0 Å². The number of nitrogens with zero attached hydrogens (tertiary/aromatic N) is 3. The van der Waals surface area contributed by atoms with Crippen LogP contribution in [0.2, 0.25) is 0 Å². The van der Waals surface area contributed by atoms with Gasteiger partial charge in [0, 0.05) is 26.2 Å². The zero-order valence-electron chi connectivity index (χ0n) is 18.3. The molecule has 0 saturated carbocycles. The van der Waals surface area contributed by atoms with Crippen molar-refractivity contribution in [2.45, 2.75) is 44.8 Å². The van der Waals surface area contributed by atoms with E-state index in [1.54, 1.807) is 4.90 Å². The summed E-state index contributed by atoms with van der Waals surface area (Å²) >= 11 is 0. The topological polar surface area (TPSA) is 114 Å². The molecule has 0 radical (unpaired) electrons. The van der Waals surface area contributed by atoms with Gasteiger partial charge in [-0.25, -0.2) is 4.79 Å². The summed E-state index contributed by atoms with van der Waals surface area (Å²) in [7, 11) is 0. The molecule has 172 valence electrons. The molecule has 2 aromatic rings. The van der Waals surface area contributed by atoms with Gasteiger partial charge < -0.3 is 20.3 Å². The number of nitrogens with one attached hydrogen (secondary N) is 1. The minimum absolute atomic E-state index is 0.0245. The lowest BCUT2D eigenvalue weighted by molar-refractivity contribution is -0.130. The van der Waals surface area contributed by atoms with Crippen molar-refractivity contribution < 1.29 is 9.53 Å². The molecule has 3 N–H and O–H groups in total. The summed E-state index contributed by atoms with van der Waals surface area (Å²) in [6, 6.07) is 9.43. The normalized spacial score (nSPS) is 18.6. The van der Waals surface area contributed by atoms with Crippen molar-refractivity contribution in [3.05, 3.63) is 56.7 Å². The fourth-order valence-corrected chi connectivity index (χ4v) is 4.48. The Kier molecular flexibility index (Phi) is 6.94. The van der Waals surface area contributed by atoms with E-state index in [0.717, 1.165) is 50.8 Å². The number of nitrogens with two attached hydrogens (primary N) is 1. The molecule has 0 unspecified atom stereocenters. The number of nitrogen functional groups attached to an aromatic ring is 1. The first kappa shape index (κ1) is 22.1. The van der Waals surface area contributed by atoms with Crippen molar-refractivity contribution in [1.82, 2.24) is 14.5 Å². The van der Waals surface area contributed by atoms with Gasteiger partial charge in [-0.1, -0.05) is 30.3 Å². The van der Waals surface area contributed by atoms with Gasteiger partial charge in [-0.3, -0.25) is 19.1 Å². The van der Waals surface area contributed by atoms with Crippen LogP contribution in [-0.2, 0) is 16.1 Å². The third-order valence-corrected chi connectivity index (χ3v) is 6.20. The number of rotatable bonds is 7. The third-order valence-electron chi connectivity index (χ3n) is 6.20. The van der Waals surface area contributed by atoms with E-state index in [1.165, 1.54) is 4.57 Å². The van der Waals surface area contributed by atoms with Crippen LogP contribution in [0.1, 0.15) is 37.7 Å². The highest BCUT2D eigenvalue weighted by Gasteiger charge is 2.28. The highest BCUT2D eigenvalue weighted by Crippen LogP contribution is 2.22. The van der Waals surface area contributed by atoms with E-state index in [-0.39, 0.29) is 36.6 Å². The molecule has 1 aromatic carbocycles. The maximum atomic E-state index is 13.0. The number of aromatic nitrogens is 2. The number of carbonyl (C=O) groups is 1. The Labute approximate surface area is 186 Å². The summed E-state index contributed by atoms with van der Waals surface area (Å²) in [6.45, 7) is 2.74. The summed E-state index contributed by atoms with van der Waals surface area (Å²) in [6.07, 6.45) is 4.82. The van der Waals surface area contributed by atoms with E-state index in [0.29, 0.717) is 13.2 Å². The third kappa shape index (κ3) is 5.04. The fourth-order valence-electron chi connectivity index (χ4n) is 4.48. The van der Waals surface area contributed by atoms with Crippen LogP contribution in [0.15, 0.2) is 39.9 Å². The zero-order valence-corrected chi connectivity index (χ0v) is 18.3. The van der Waals surface area contributed by atoms with Crippen LogP contribution in [0.4, 0.5) is 11.5 Å². The van der Waals surface area contributed by atoms with Crippen molar-refractivity contribution in [2.75, 3.05) is 43.4 Å². The Bertz CT molecular complexity index is 1040. The second kappa shape index (κ2) is 10.0. The lowest BCUT2D eigenvalue weighted by Gasteiger charge is -2.32. The van der Waals surface area contributed by atoms with Crippen LogP contribution in [0.3, 0.4) is 0 Å². The van der Waals surface area contributed by atoms with Gasteiger partial charge >= 0.3 is 5.69 Å². The fraction of sp³-hybridized carbons (Fsp3) is 0.522. The number of piperidine rings is 1. The first-order valence-electron chi connectivity index (χ1n) is 11.3. The number of aromatic amines is 1. The van der Waals surface area contributed by atoms with Gasteiger partial charge in [0.1, 0.15) is 11.5 Å². The van der Waals surface area contributed by atoms with Crippen LogP contribution in [0.5, 0.6) is 0 Å². The molecule has 2 aliphatic rings. The van der Waals surface area contributed by atoms with Crippen LogP contribution in [0.25, 0.3) is 0 Å². The zero-order chi connectivity index (χ0) is 22.5. The summed E-state index contributed by atoms with van der Waals surface area (Å²) in [5.74, 6) is 0.0225. The quantitative estimate of drug-likeness (QED) is 0.667. The molecule has 1 aromatic heterocycles. The maximum absolute atomic E-state index is 13.0. The smallest absolute Gasteiger partial charge is 0.330 e. The molecule has 1 amide bonds. The Morgan fingerprint density at radius 3 is 2.56 bits per heavy atom. The largest absolute Gasteiger partial charge is 0.383 e. The average Bonchev–Trinajstić information content (AvgIpc) is 3.31. The van der Waals surface area contributed by atoms with Gasteiger partial charge in [0.05, 0.1) is 19.2 Å². The molecule has 0 aliphatic carbocycles. The van der Waals surface area contributed by atoms with Gasteiger partial charge in [-0.05, 0) is 37.7 Å². The molecule has 32 heavy (non-hydrogen) atoms. The average molecular weight is 442 g/mol. The molecule has 2 saturated heterocycles. The van der Waals surface area contributed by atoms with Crippen LogP contribution < -0.4 is 21.9 Å². The highest BCUT2D eigenvalue weighted by molar-refractivity contribution is 5.82. The summed E-state index contributed by atoms with van der Waals surface area (Å²) in [5, 5.41) is 0. The van der Waals surface area contributed by atoms with Gasteiger partial charge in [-0.15, -0.1) is 0 Å². The number of amides is 1. The molecule has 9 heteroatoms. The number of carbonyl (C=O) groups excluding carboxylic acids is 1. The number of hydrogen-bond acceptors (Lipinski definition) is 6. The Hall–Kier alpha value is -3.07. The van der Waals surface area contributed by atoms with Crippen LogP contribution in [0, 0.1) is 0 Å². The Morgan fingerprint density at radius 2 is 1.88 bits per heavy atom. The van der Waals surface area contributed by atoms with E-state index in [9.17, 15) is 14.4 Å². The number of likely N-dealkylation sites (tertiary alicyclic amines) is 1. The number of H-pyrrole nitrogens is 1. The molecule has 4 rings (SSSR count). The Balaban J connectivity index is 1.67. The molecule has 3 heterocycles. The van der Waals surface area contributed by atoms with Gasteiger partial charge in [0.2, 0.25) is 5.91 Å². The van der Waals surface area contributed by atoms with Crippen molar-refractivity contribution in [3.8, 4) is 0 Å².